The Balaban J connectivity index is 1.82. The van der Waals surface area contributed by atoms with Crippen LogP contribution in [0.2, 0.25) is 0 Å². The van der Waals surface area contributed by atoms with Crippen molar-refractivity contribution >= 4 is 6.03 Å². The lowest BCUT2D eigenvalue weighted by Gasteiger charge is -2.18. The predicted octanol–water partition coefficient (Wildman–Crippen LogP) is 2.49. The molecular formula is C20H26N2O3. The summed E-state index contributed by atoms with van der Waals surface area (Å²) in [7, 11) is 0. The van der Waals surface area contributed by atoms with Crippen LogP contribution in [0.3, 0.4) is 0 Å². The fourth-order valence-corrected chi connectivity index (χ4v) is 2.81. The van der Waals surface area contributed by atoms with E-state index in [1.165, 1.54) is 0 Å². The summed E-state index contributed by atoms with van der Waals surface area (Å²) in [5.41, 5.74) is 2.88. The lowest BCUT2D eigenvalue weighted by Crippen LogP contribution is -2.39. The van der Waals surface area contributed by atoms with Crippen LogP contribution in [0.4, 0.5) is 4.79 Å². The second-order valence-corrected chi connectivity index (χ2v) is 6.08. The van der Waals surface area contributed by atoms with Gasteiger partial charge < -0.3 is 20.8 Å². The molecule has 0 bridgehead atoms. The van der Waals surface area contributed by atoms with Crippen molar-refractivity contribution in [2.45, 2.75) is 25.4 Å². The lowest BCUT2D eigenvalue weighted by molar-refractivity contribution is 0.172. The van der Waals surface area contributed by atoms with Crippen LogP contribution in [-0.2, 0) is 0 Å². The molecule has 0 aliphatic rings. The van der Waals surface area contributed by atoms with E-state index in [-0.39, 0.29) is 25.1 Å². The highest BCUT2D eigenvalue weighted by Crippen LogP contribution is 2.18. The van der Waals surface area contributed by atoms with Gasteiger partial charge in [-0.3, -0.25) is 0 Å². The van der Waals surface area contributed by atoms with E-state index in [9.17, 15) is 15.0 Å². The number of amides is 2. The summed E-state index contributed by atoms with van der Waals surface area (Å²) in [5, 5.41) is 25.0. The maximum absolute atomic E-state index is 12.0. The molecule has 0 heterocycles. The molecule has 134 valence electrons. The van der Waals surface area contributed by atoms with Gasteiger partial charge in [-0.05, 0) is 30.0 Å². The number of carbonyl (C=O) groups is 1. The molecule has 0 fully saturated rings. The van der Waals surface area contributed by atoms with Crippen LogP contribution in [0.25, 0.3) is 0 Å². The molecule has 2 aromatic carbocycles. The van der Waals surface area contributed by atoms with Crippen LogP contribution in [0.15, 0.2) is 54.6 Å². The monoisotopic (exact) mass is 342 g/mol. The van der Waals surface area contributed by atoms with Crippen molar-refractivity contribution in [2.75, 3.05) is 19.7 Å². The molecule has 5 nitrogen and oxygen atoms in total. The first kappa shape index (κ1) is 19.0. The highest BCUT2D eigenvalue weighted by Gasteiger charge is 2.14. The van der Waals surface area contributed by atoms with Gasteiger partial charge in [0.15, 0.2) is 0 Å². The molecule has 0 saturated heterocycles. The van der Waals surface area contributed by atoms with E-state index in [1.54, 1.807) is 0 Å². The largest absolute Gasteiger partial charge is 0.396 e. The molecule has 2 aromatic rings. The minimum atomic E-state index is -0.741. The Hall–Kier alpha value is -2.37. The summed E-state index contributed by atoms with van der Waals surface area (Å²) in [4.78, 5) is 12.0. The zero-order valence-corrected chi connectivity index (χ0v) is 14.5. The minimum Gasteiger partial charge on any atom is -0.396 e. The molecule has 0 saturated carbocycles. The van der Waals surface area contributed by atoms with E-state index in [0.717, 1.165) is 16.7 Å². The number of rotatable bonds is 8. The van der Waals surface area contributed by atoms with E-state index in [1.807, 2.05) is 61.5 Å². The molecule has 2 unspecified atom stereocenters. The van der Waals surface area contributed by atoms with E-state index in [0.29, 0.717) is 13.0 Å². The lowest BCUT2D eigenvalue weighted by atomic mass is 9.96. The number of urea groups is 1. The SMILES string of the molecule is Cc1ccccc1C(O)CNC(=O)NCC(CCO)c1ccccc1. The average Bonchev–Trinajstić information content (AvgIpc) is 2.64. The molecule has 5 heteroatoms. The summed E-state index contributed by atoms with van der Waals surface area (Å²) in [6.07, 6.45) is -0.162. The Morgan fingerprint density at radius 3 is 2.32 bits per heavy atom. The van der Waals surface area contributed by atoms with Gasteiger partial charge in [0.05, 0.1) is 6.10 Å². The van der Waals surface area contributed by atoms with Crippen molar-refractivity contribution in [3.05, 3.63) is 71.3 Å². The maximum atomic E-state index is 12.0. The standard InChI is InChI=1S/C20H26N2O3/c1-15-7-5-6-10-18(15)19(24)14-22-20(25)21-13-17(11-12-23)16-8-3-2-4-9-16/h2-10,17,19,23-24H,11-14H2,1H3,(H2,21,22,25). The molecule has 0 aliphatic heterocycles. The maximum Gasteiger partial charge on any atom is 0.314 e. The summed E-state index contributed by atoms with van der Waals surface area (Å²) in [6, 6.07) is 17.0. The van der Waals surface area contributed by atoms with Gasteiger partial charge in [-0.2, -0.15) is 0 Å². The normalized spacial score (nSPS) is 13.1. The molecule has 0 aromatic heterocycles. The smallest absolute Gasteiger partial charge is 0.314 e. The summed E-state index contributed by atoms with van der Waals surface area (Å²) in [5.74, 6) is 0.0539. The molecule has 0 aliphatic carbocycles. The van der Waals surface area contributed by atoms with Crippen molar-refractivity contribution in [1.29, 1.82) is 0 Å². The quantitative estimate of drug-likeness (QED) is 0.595. The van der Waals surface area contributed by atoms with E-state index < -0.39 is 6.10 Å². The Morgan fingerprint density at radius 1 is 1.00 bits per heavy atom. The molecule has 0 radical (unpaired) electrons. The van der Waals surface area contributed by atoms with Crippen LogP contribution in [0, 0.1) is 6.92 Å². The van der Waals surface area contributed by atoms with Crippen molar-refractivity contribution in [3.63, 3.8) is 0 Å². The highest BCUT2D eigenvalue weighted by molar-refractivity contribution is 5.73. The summed E-state index contributed by atoms with van der Waals surface area (Å²) in [6.45, 7) is 2.57. The Morgan fingerprint density at radius 2 is 1.64 bits per heavy atom. The van der Waals surface area contributed by atoms with Crippen molar-refractivity contribution < 1.29 is 15.0 Å². The van der Waals surface area contributed by atoms with Gasteiger partial charge in [-0.1, -0.05) is 54.6 Å². The number of aliphatic hydroxyl groups is 2. The first-order valence-corrected chi connectivity index (χ1v) is 8.53. The third-order valence-corrected chi connectivity index (χ3v) is 4.26. The van der Waals surface area contributed by atoms with Gasteiger partial charge >= 0.3 is 6.03 Å². The minimum absolute atomic E-state index is 0.0539. The van der Waals surface area contributed by atoms with Crippen LogP contribution in [0.5, 0.6) is 0 Å². The number of aliphatic hydroxyl groups excluding tert-OH is 2. The van der Waals surface area contributed by atoms with Gasteiger partial charge in [0.2, 0.25) is 0 Å². The Labute approximate surface area is 148 Å². The number of aryl methyl sites for hydroxylation is 1. The topological polar surface area (TPSA) is 81.6 Å². The zero-order chi connectivity index (χ0) is 18.1. The first-order chi connectivity index (χ1) is 12.1. The molecule has 2 amide bonds. The average molecular weight is 342 g/mol. The highest BCUT2D eigenvalue weighted by atomic mass is 16.3. The number of nitrogens with one attached hydrogen (secondary N) is 2. The number of carbonyl (C=O) groups excluding carboxylic acids is 1. The summed E-state index contributed by atoms with van der Waals surface area (Å²) >= 11 is 0. The number of hydrogen-bond acceptors (Lipinski definition) is 3. The van der Waals surface area contributed by atoms with Crippen LogP contribution in [0.1, 0.15) is 35.1 Å². The number of benzene rings is 2. The van der Waals surface area contributed by atoms with Crippen LogP contribution in [-0.4, -0.2) is 35.9 Å². The fourth-order valence-electron chi connectivity index (χ4n) is 2.81. The van der Waals surface area contributed by atoms with Gasteiger partial charge in [0.25, 0.3) is 0 Å². The van der Waals surface area contributed by atoms with Gasteiger partial charge in [0, 0.05) is 25.6 Å². The van der Waals surface area contributed by atoms with Crippen molar-refractivity contribution in [2.24, 2.45) is 0 Å². The van der Waals surface area contributed by atoms with E-state index in [2.05, 4.69) is 10.6 Å². The molecular weight excluding hydrogens is 316 g/mol. The van der Waals surface area contributed by atoms with Gasteiger partial charge in [-0.25, -0.2) is 4.79 Å². The molecule has 4 N–H and O–H groups in total. The number of hydrogen-bond donors (Lipinski definition) is 4. The molecule has 25 heavy (non-hydrogen) atoms. The molecule has 2 rings (SSSR count). The van der Waals surface area contributed by atoms with Crippen LogP contribution < -0.4 is 10.6 Å². The van der Waals surface area contributed by atoms with Gasteiger partial charge in [-0.15, -0.1) is 0 Å². The third kappa shape index (κ3) is 5.89. The van der Waals surface area contributed by atoms with Crippen molar-refractivity contribution in [1.82, 2.24) is 10.6 Å². The van der Waals surface area contributed by atoms with Crippen LogP contribution >= 0.6 is 0 Å². The summed E-state index contributed by atoms with van der Waals surface area (Å²) < 4.78 is 0. The second kappa shape index (κ2) is 9.81. The molecule has 0 spiro atoms. The Kier molecular flexibility index (Phi) is 7.44. The fraction of sp³-hybridized carbons (Fsp3) is 0.350. The molecule has 2 atom stereocenters. The first-order valence-electron chi connectivity index (χ1n) is 8.53. The third-order valence-electron chi connectivity index (χ3n) is 4.26. The zero-order valence-electron chi connectivity index (χ0n) is 14.5. The van der Waals surface area contributed by atoms with Gasteiger partial charge in [0.1, 0.15) is 0 Å². The van der Waals surface area contributed by atoms with Crippen molar-refractivity contribution in [3.8, 4) is 0 Å². The predicted molar refractivity (Wildman–Crippen MR) is 98.4 cm³/mol. The second-order valence-electron chi connectivity index (χ2n) is 6.08. The Bertz CT molecular complexity index is 661. The van der Waals surface area contributed by atoms with E-state index >= 15 is 0 Å². The van der Waals surface area contributed by atoms with E-state index in [4.69, 9.17) is 0 Å².